The van der Waals surface area contributed by atoms with Gasteiger partial charge in [-0.3, -0.25) is 4.99 Å². The Morgan fingerprint density at radius 2 is 2.10 bits per heavy atom. The predicted molar refractivity (Wildman–Crippen MR) is 98.4 cm³/mol. The molecular weight excluding hydrogens is 381 g/mol. The van der Waals surface area contributed by atoms with E-state index in [-0.39, 0.29) is 36.0 Å². The van der Waals surface area contributed by atoms with Crippen LogP contribution in [0.25, 0.3) is 0 Å². The number of likely N-dealkylation sites (N-methyl/N-ethyl adjacent to an activating group) is 1. The van der Waals surface area contributed by atoms with E-state index in [0.717, 1.165) is 38.2 Å². The molecule has 0 radical (unpaired) electrons. The molecule has 126 valence electrons. The molecule has 1 saturated carbocycles. The van der Waals surface area contributed by atoms with Gasteiger partial charge in [-0.1, -0.05) is 13.8 Å². The van der Waals surface area contributed by atoms with Gasteiger partial charge in [0.1, 0.15) is 0 Å². The molecule has 0 bridgehead atoms. The van der Waals surface area contributed by atoms with Crippen LogP contribution in [0.3, 0.4) is 0 Å². The van der Waals surface area contributed by atoms with Crippen LogP contribution in [-0.4, -0.2) is 62.5 Å². The first kappa shape index (κ1) is 20.9. The van der Waals surface area contributed by atoms with E-state index in [1.807, 2.05) is 20.9 Å². The van der Waals surface area contributed by atoms with Gasteiger partial charge in [0.2, 0.25) is 0 Å². The van der Waals surface area contributed by atoms with Gasteiger partial charge in [-0.15, -0.1) is 24.0 Å². The predicted octanol–water partition coefficient (Wildman–Crippen LogP) is 1.95. The lowest BCUT2D eigenvalue weighted by molar-refractivity contribution is 0.115. The molecule has 1 fully saturated rings. The van der Waals surface area contributed by atoms with Crippen molar-refractivity contribution in [1.29, 1.82) is 0 Å². The Labute approximate surface area is 146 Å². The van der Waals surface area contributed by atoms with Crippen molar-refractivity contribution in [3.8, 4) is 0 Å². The minimum atomic E-state index is -0.177. The largest absolute Gasteiger partial charge is 0.396 e. The van der Waals surface area contributed by atoms with E-state index in [2.05, 4.69) is 22.1 Å². The third kappa shape index (κ3) is 9.52. The van der Waals surface area contributed by atoms with Gasteiger partial charge in [0.05, 0.1) is 13.2 Å². The number of rotatable bonds is 9. The van der Waals surface area contributed by atoms with E-state index >= 15 is 0 Å². The fraction of sp³-hybridized carbons (Fsp3) is 0.933. The first-order valence-electron chi connectivity index (χ1n) is 7.66. The molecule has 0 amide bonds. The molecule has 2 N–H and O–H groups in total. The van der Waals surface area contributed by atoms with Crippen LogP contribution in [0.5, 0.6) is 0 Å². The monoisotopic (exact) mass is 413 g/mol. The zero-order valence-electron chi connectivity index (χ0n) is 13.9. The van der Waals surface area contributed by atoms with Gasteiger partial charge in [-0.25, -0.2) is 0 Å². The highest BCUT2D eigenvalue weighted by Gasteiger charge is 2.21. The Hall–Kier alpha value is -0.0800. The number of hydrogen-bond donors (Lipinski definition) is 2. The number of aliphatic hydroxyl groups excluding tert-OH is 1. The number of aliphatic imine (C=N–C) groups is 1. The molecule has 1 rings (SSSR count). The summed E-state index contributed by atoms with van der Waals surface area (Å²) in [5.41, 5.74) is -0.177. The second-order valence-corrected chi connectivity index (χ2v) is 6.43. The van der Waals surface area contributed by atoms with Crippen molar-refractivity contribution in [2.75, 3.05) is 46.5 Å². The standard InChI is InChI=1S/C15H31N3O2.HI/c1-5-16-14(17-11-15(2,3)12-19)18(4)8-9-20-10-13-6-7-13;/h13,19H,5-12H2,1-4H3,(H,16,17);1H. The fourth-order valence-electron chi connectivity index (χ4n) is 1.65. The summed E-state index contributed by atoms with van der Waals surface area (Å²) in [7, 11) is 2.02. The second-order valence-electron chi connectivity index (χ2n) is 6.43. The summed E-state index contributed by atoms with van der Waals surface area (Å²) in [6, 6.07) is 0. The molecule has 0 aliphatic heterocycles. The Morgan fingerprint density at radius 1 is 1.43 bits per heavy atom. The number of ether oxygens (including phenoxy) is 1. The van der Waals surface area contributed by atoms with Crippen LogP contribution >= 0.6 is 24.0 Å². The number of guanidine groups is 1. The van der Waals surface area contributed by atoms with Crippen LogP contribution in [0, 0.1) is 11.3 Å². The maximum atomic E-state index is 9.28. The average Bonchev–Trinajstić information content (AvgIpc) is 3.23. The quantitative estimate of drug-likeness (QED) is 0.263. The Kier molecular flexibility index (Phi) is 10.6. The average molecular weight is 413 g/mol. The molecule has 0 spiro atoms. The molecule has 0 unspecified atom stereocenters. The van der Waals surface area contributed by atoms with Crippen molar-refractivity contribution >= 4 is 29.9 Å². The lowest BCUT2D eigenvalue weighted by atomic mass is 9.95. The van der Waals surface area contributed by atoms with Crippen molar-refractivity contribution in [2.45, 2.75) is 33.6 Å². The van der Waals surface area contributed by atoms with Crippen molar-refractivity contribution < 1.29 is 9.84 Å². The van der Waals surface area contributed by atoms with Gasteiger partial charge in [0.25, 0.3) is 0 Å². The zero-order valence-corrected chi connectivity index (χ0v) is 16.2. The zero-order chi connectivity index (χ0) is 15.0. The SMILES string of the molecule is CCNC(=NCC(C)(C)CO)N(C)CCOCC1CC1.I. The van der Waals surface area contributed by atoms with Gasteiger partial charge >= 0.3 is 0 Å². The molecule has 1 aliphatic carbocycles. The van der Waals surface area contributed by atoms with Crippen LogP contribution in [0.15, 0.2) is 4.99 Å². The normalized spacial score (nSPS) is 15.6. The minimum absolute atomic E-state index is 0. The molecule has 0 atom stereocenters. The Bertz CT molecular complexity index is 307. The summed E-state index contributed by atoms with van der Waals surface area (Å²) >= 11 is 0. The molecule has 1 aliphatic rings. The molecule has 0 heterocycles. The van der Waals surface area contributed by atoms with Crippen LogP contribution in [0.4, 0.5) is 0 Å². The molecule has 6 heteroatoms. The van der Waals surface area contributed by atoms with Gasteiger partial charge in [-0.05, 0) is 25.7 Å². The highest BCUT2D eigenvalue weighted by Crippen LogP contribution is 2.28. The summed E-state index contributed by atoms with van der Waals surface area (Å²) in [6.07, 6.45) is 2.66. The van der Waals surface area contributed by atoms with Gasteiger partial charge in [-0.2, -0.15) is 0 Å². The van der Waals surface area contributed by atoms with E-state index in [1.165, 1.54) is 12.8 Å². The van der Waals surface area contributed by atoms with E-state index < -0.39 is 0 Å². The third-order valence-corrected chi connectivity index (χ3v) is 3.40. The van der Waals surface area contributed by atoms with E-state index in [0.29, 0.717) is 6.54 Å². The van der Waals surface area contributed by atoms with E-state index in [1.54, 1.807) is 0 Å². The number of nitrogens with zero attached hydrogens (tertiary/aromatic N) is 2. The highest BCUT2D eigenvalue weighted by atomic mass is 127. The van der Waals surface area contributed by atoms with E-state index in [4.69, 9.17) is 4.74 Å². The van der Waals surface area contributed by atoms with Crippen LogP contribution in [0.1, 0.15) is 33.6 Å². The maximum absolute atomic E-state index is 9.28. The summed E-state index contributed by atoms with van der Waals surface area (Å²) in [5.74, 6) is 1.69. The fourth-order valence-corrected chi connectivity index (χ4v) is 1.65. The van der Waals surface area contributed by atoms with Crippen molar-refractivity contribution in [1.82, 2.24) is 10.2 Å². The topological polar surface area (TPSA) is 57.1 Å². The molecule has 0 aromatic carbocycles. The van der Waals surface area contributed by atoms with Crippen molar-refractivity contribution in [2.24, 2.45) is 16.3 Å². The summed E-state index contributed by atoms with van der Waals surface area (Å²) in [4.78, 5) is 6.69. The number of nitrogens with one attached hydrogen (secondary N) is 1. The molecular formula is C15H32IN3O2. The Morgan fingerprint density at radius 3 is 2.62 bits per heavy atom. The minimum Gasteiger partial charge on any atom is -0.396 e. The van der Waals surface area contributed by atoms with Gasteiger partial charge in [0, 0.05) is 38.8 Å². The van der Waals surface area contributed by atoms with Crippen molar-refractivity contribution in [3.63, 3.8) is 0 Å². The van der Waals surface area contributed by atoms with Gasteiger partial charge in [0.15, 0.2) is 5.96 Å². The molecule has 0 saturated heterocycles. The van der Waals surface area contributed by atoms with Crippen LogP contribution in [-0.2, 0) is 4.74 Å². The van der Waals surface area contributed by atoms with Crippen LogP contribution in [0.2, 0.25) is 0 Å². The molecule has 5 nitrogen and oxygen atoms in total. The third-order valence-electron chi connectivity index (χ3n) is 3.40. The Balaban J connectivity index is 0.00000400. The molecule has 0 aromatic heterocycles. The molecule has 0 aromatic rings. The van der Waals surface area contributed by atoms with E-state index in [9.17, 15) is 5.11 Å². The number of aliphatic hydroxyl groups is 1. The lowest BCUT2D eigenvalue weighted by Crippen LogP contribution is -2.41. The second kappa shape index (κ2) is 10.6. The number of halogens is 1. The molecule has 21 heavy (non-hydrogen) atoms. The first-order chi connectivity index (χ1) is 9.48. The van der Waals surface area contributed by atoms with Crippen molar-refractivity contribution in [3.05, 3.63) is 0 Å². The lowest BCUT2D eigenvalue weighted by Gasteiger charge is -2.24. The highest BCUT2D eigenvalue weighted by molar-refractivity contribution is 14.0. The summed E-state index contributed by atoms with van der Waals surface area (Å²) in [5, 5.41) is 12.6. The van der Waals surface area contributed by atoms with Gasteiger partial charge < -0.3 is 20.1 Å². The smallest absolute Gasteiger partial charge is 0.193 e. The maximum Gasteiger partial charge on any atom is 0.193 e. The number of hydrogen-bond acceptors (Lipinski definition) is 3. The summed E-state index contributed by atoms with van der Waals surface area (Å²) < 4.78 is 5.66. The van der Waals surface area contributed by atoms with Crippen LogP contribution < -0.4 is 5.32 Å². The summed E-state index contributed by atoms with van der Waals surface area (Å²) in [6.45, 7) is 10.1. The first-order valence-corrected chi connectivity index (χ1v) is 7.66.